The number of nitrogens with zero attached hydrogens (tertiary/aromatic N) is 1. The summed E-state index contributed by atoms with van der Waals surface area (Å²) in [6, 6.07) is 6.20. The van der Waals surface area contributed by atoms with E-state index < -0.39 is 0 Å². The fourth-order valence-corrected chi connectivity index (χ4v) is 2.82. The topological polar surface area (TPSA) is 41.9 Å². The number of aliphatic hydroxyl groups is 1. The molecule has 1 unspecified atom stereocenters. The van der Waals surface area contributed by atoms with Gasteiger partial charge in [0.2, 0.25) is 0 Å². The van der Waals surface area contributed by atoms with Crippen molar-refractivity contribution in [3.8, 4) is 11.5 Å². The number of hydrogen-bond acceptors (Lipinski definition) is 4. The Morgan fingerprint density at radius 3 is 2.90 bits per heavy atom. The van der Waals surface area contributed by atoms with Crippen molar-refractivity contribution in [1.82, 2.24) is 4.90 Å². The lowest BCUT2D eigenvalue weighted by molar-refractivity contribution is 0.150. The normalized spacial score (nSPS) is 19.9. The van der Waals surface area contributed by atoms with E-state index in [0.717, 1.165) is 12.0 Å². The molecule has 1 aromatic carbocycles. The number of hydrogen-bond donors (Lipinski definition) is 1. The van der Waals surface area contributed by atoms with E-state index >= 15 is 0 Å². The molecule has 0 amide bonds. The van der Waals surface area contributed by atoms with E-state index in [-0.39, 0.29) is 6.61 Å². The number of aliphatic hydroxyl groups excluding tert-OH is 1. The molecule has 1 N–H and O–H groups in total. The van der Waals surface area contributed by atoms with E-state index in [1.165, 1.54) is 25.8 Å². The van der Waals surface area contributed by atoms with Gasteiger partial charge in [-0.3, -0.25) is 0 Å². The molecule has 112 valence electrons. The van der Waals surface area contributed by atoms with Crippen LogP contribution in [0.1, 0.15) is 31.2 Å². The van der Waals surface area contributed by atoms with Crippen LogP contribution in [-0.4, -0.2) is 43.4 Å². The third-order valence-electron chi connectivity index (χ3n) is 4.07. The standard InChI is InChI=1S/C16H25NO3/c1-17-10-4-3-7-14(17)9-11-20-16-13(12-18)6-5-8-15(16)19-2/h5-6,8,14,18H,3-4,7,9-12H2,1-2H3. The molecule has 1 saturated heterocycles. The molecule has 1 aromatic rings. The molecule has 2 rings (SSSR count). The molecule has 1 fully saturated rings. The summed E-state index contributed by atoms with van der Waals surface area (Å²) in [5, 5.41) is 9.38. The molecule has 0 radical (unpaired) electrons. The molecule has 0 aliphatic carbocycles. The maximum atomic E-state index is 9.38. The van der Waals surface area contributed by atoms with Crippen molar-refractivity contribution in [2.45, 2.75) is 38.3 Å². The highest BCUT2D eigenvalue weighted by atomic mass is 16.5. The van der Waals surface area contributed by atoms with Gasteiger partial charge in [-0.1, -0.05) is 18.6 Å². The summed E-state index contributed by atoms with van der Waals surface area (Å²) in [4.78, 5) is 2.42. The number of ether oxygens (including phenoxy) is 2. The summed E-state index contributed by atoms with van der Waals surface area (Å²) in [5.41, 5.74) is 0.779. The maximum absolute atomic E-state index is 9.38. The zero-order chi connectivity index (χ0) is 14.4. The molecule has 1 heterocycles. The zero-order valence-corrected chi connectivity index (χ0v) is 12.5. The minimum Gasteiger partial charge on any atom is -0.493 e. The van der Waals surface area contributed by atoms with E-state index in [4.69, 9.17) is 9.47 Å². The summed E-state index contributed by atoms with van der Waals surface area (Å²) >= 11 is 0. The lowest BCUT2D eigenvalue weighted by atomic mass is 10.0. The van der Waals surface area contributed by atoms with Crippen LogP contribution in [0.25, 0.3) is 0 Å². The predicted molar refractivity (Wildman–Crippen MR) is 79.3 cm³/mol. The van der Waals surface area contributed by atoms with Gasteiger partial charge < -0.3 is 19.5 Å². The number of rotatable bonds is 6. The molecular weight excluding hydrogens is 254 g/mol. The van der Waals surface area contributed by atoms with E-state index in [2.05, 4.69) is 11.9 Å². The molecule has 20 heavy (non-hydrogen) atoms. The van der Waals surface area contributed by atoms with Crippen LogP contribution in [-0.2, 0) is 6.61 Å². The Morgan fingerprint density at radius 1 is 1.35 bits per heavy atom. The van der Waals surface area contributed by atoms with Gasteiger partial charge in [0.25, 0.3) is 0 Å². The van der Waals surface area contributed by atoms with Gasteiger partial charge in [0, 0.05) is 11.6 Å². The summed E-state index contributed by atoms with van der Waals surface area (Å²) < 4.78 is 11.2. The van der Waals surface area contributed by atoms with Crippen molar-refractivity contribution in [1.29, 1.82) is 0 Å². The van der Waals surface area contributed by atoms with Crippen LogP contribution in [0.2, 0.25) is 0 Å². The molecule has 4 heteroatoms. The summed E-state index contributed by atoms with van der Waals surface area (Å²) in [7, 11) is 3.81. The summed E-state index contributed by atoms with van der Waals surface area (Å²) in [6.45, 7) is 1.81. The van der Waals surface area contributed by atoms with Crippen LogP contribution in [0.5, 0.6) is 11.5 Å². The Kier molecular flexibility index (Phi) is 5.68. The van der Waals surface area contributed by atoms with Gasteiger partial charge in [0.15, 0.2) is 11.5 Å². The second kappa shape index (κ2) is 7.50. The minimum atomic E-state index is -0.0319. The first kappa shape index (κ1) is 15.1. The number of piperidine rings is 1. The highest BCUT2D eigenvalue weighted by Gasteiger charge is 2.19. The van der Waals surface area contributed by atoms with Crippen LogP contribution in [0.15, 0.2) is 18.2 Å². The number of para-hydroxylation sites is 1. The van der Waals surface area contributed by atoms with Gasteiger partial charge in [0.05, 0.1) is 20.3 Å². The fraction of sp³-hybridized carbons (Fsp3) is 0.625. The molecule has 1 aliphatic rings. The Bertz CT molecular complexity index is 400. The maximum Gasteiger partial charge on any atom is 0.166 e. The first-order valence-corrected chi connectivity index (χ1v) is 7.36. The van der Waals surface area contributed by atoms with Crippen molar-refractivity contribution in [3.05, 3.63) is 23.8 Å². The largest absolute Gasteiger partial charge is 0.493 e. The summed E-state index contributed by atoms with van der Waals surface area (Å²) in [5.74, 6) is 1.37. The molecule has 1 aliphatic heterocycles. The third kappa shape index (κ3) is 3.64. The van der Waals surface area contributed by atoms with Gasteiger partial charge in [0.1, 0.15) is 0 Å². The smallest absolute Gasteiger partial charge is 0.166 e. The zero-order valence-electron chi connectivity index (χ0n) is 12.5. The average molecular weight is 279 g/mol. The van der Waals surface area contributed by atoms with E-state index in [1.54, 1.807) is 7.11 Å². The van der Waals surface area contributed by atoms with Crippen molar-refractivity contribution in [2.75, 3.05) is 27.3 Å². The average Bonchev–Trinajstić information content (AvgIpc) is 2.49. The van der Waals surface area contributed by atoms with Gasteiger partial charge in [-0.15, -0.1) is 0 Å². The second-order valence-electron chi connectivity index (χ2n) is 5.37. The van der Waals surface area contributed by atoms with Gasteiger partial charge in [-0.25, -0.2) is 0 Å². The van der Waals surface area contributed by atoms with Crippen molar-refractivity contribution in [2.24, 2.45) is 0 Å². The second-order valence-corrected chi connectivity index (χ2v) is 5.37. The summed E-state index contributed by atoms with van der Waals surface area (Å²) in [6.07, 6.45) is 4.87. The number of likely N-dealkylation sites (tertiary alicyclic amines) is 1. The Labute approximate surface area is 121 Å². The van der Waals surface area contributed by atoms with Crippen LogP contribution in [0.4, 0.5) is 0 Å². The van der Waals surface area contributed by atoms with Crippen LogP contribution >= 0.6 is 0 Å². The van der Waals surface area contributed by atoms with Crippen LogP contribution < -0.4 is 9.47 Å². The number of benzene rings is 1. The third-order valence-corrected chi connectivity index (χ3v) is 4.07. The van der Waals surface area contributed by atoms with Crippen molar-refractivity contribution in [3.63, 3.8) is 0 Å². The number of methoxy groups -OCH3 is 1. The SMILES string of the molecule is COc1cccc(CO)c1OCCC1CCCCN1C. The highest BCUT2D eigenvalue weighted by molar-refractivity contribution is 5.46. The van der Waals surface area contributed by atoms with E-state index in [0.29, 0.717) is 24.1 Å². The van der Waals surface area contributed by atoms with Gasteiger partial charge >= 0.3 is 0 Å². The Hall–Kier alpha value is -1.26. The van der Waals surface area contributed by atoms with Gasteiger partial charge in [-0.2, -0.15) is 0 Å². The molecule has 0 bridgehead atoms. The van der Waals surface area contributed by atoms with E-state index in [9.17, 15) is 5.11 Å². The first-order valence-electron chi connectivity index (χ1n) is 7.36. The molecule has 0 saturated carbocycles. The Morgan fingerprint density at radius 2 is 2.20 bits per heavy atom. The molecule has 4 nitrogen and oxygen atoms in total. The van der Waals surface area contributed by atoms with Gasteiger partial charge in [-0.05, 0) is 38.9 Å². The van der Waals surface area contributed by atoms with Crippen LogP contribution in [0, 0.1) is 0 Å². The van der Waals surface area contributed by atoms with E-state index in [1.807, 2.05) is 18.2 Å². The van der Waals surface area contributed by atoms with Crippen molar-refractivity contribution >= 4 is 0 Å². The molecular formula is C16H25NO3. The predicted octanol–water partition coefficient (Wildman–Crippen LogP) is 2.44. The molecule has 0 spiro atoms. The monoisotopic (exact) mass is 279 g/mol. The Balaban J connectivity index is 1.93. The lowest BCUT2D eigenvalue weighted by Gasteiger charge is -2.32. The lowest BCUT2D eigenvalue weighted by Crippen LogP contribution is -2.37. The van der Waals surface area contributed by atoms with Crippen molar-refractivity contribution < 1.29 is 14.6 Å². The van der Waals surface area contributed by atoms with Crippen LogP contribution in [0.3, 0.4) is 0 Å². The molecule has 1 atom stereocenters. The fourth-order valence-electron chi connectivity index (χ4n) is 2.82. The first-order chi connectivity index (χ1) is 9.76. The minimum absolute atomic E-state index is 0.0319. The quantitative estimate of drug-likeness (QED) is 0.868. The highest BCUT2D eigenvalue weighted by Crippen LogP contribution is 2.31. The molecule has 0 aromatic heterocycles.